The predicted octanol–water partition coefficient (Wildman–Crippen LogP) is 3.62. The number of fused-ring (bicyclic) bond motifs is 1. The molecule has 5 rings (SSSR count). The van der Waals surface area contributed by atoms with Crippen LogP contribution in [0.2, 0.25) is 0 Å². The van der Waals surface area contributed by atoms with Crippen LogP contribution in [0.25, 0.3) is 21.5 Å². The minimum absolute atomic E-state index is 0.0904. The van der Waals surface area contributed by atoms with Crippen molar-refractivity contribution in [2.75, 3.05) is 33.3 Å². The fourth-order valence-corrected chi connectivity index (χ4v) is 4.95. The normalized spacial score (nSPS) is 14.5. The largest absolute Gasteiger partial charge is 0.497 e. The first-order chi connectivity index (χ1) is 16.1. The van der Waals surface area contributed by atoms with Crippen LogP contribution in [0.4, 0.5) is 0 Å². The number of hydrogen-bond acceptors (Lipinski definition) is 6. The Balaban J connectivity index is 1.23. The molecule has 3 heterocycles. The summed E-state index contributed by atoms with van der Waals surface area (Å²) in [5.41, 5.74) is 3.00. The maximum atomic E-state index is 13.2. The fraction of sp³-hybridized carbons (Fsp3) is 0.240. The van der Waals surface area contributed by atoms with E-state index >= 15 is 0 Å². The van der Waals surface area contributed by atoms with Crippen molar-refractivity contribution in [3.63, 3.8) is 0 Å². The van der Waals surface area contributed by atoms with Gasteiger partial charge in [-0.15, -0.1) is 11.3 Å². The van der Waals surface area contributed by atoms with Gasteiger partial charge in [0.25, 0.3) is 5.91 Å². The third kappa shape index (κ3) is 4.53. The molecule has 1 aliphatic heterocycles. The van der Waals surface area contributed by atoms with Gasteiger partial charge in [-0.05, 0) is 30.3 Å². The summed E-state index contributed by atoms with van der Waals surface area (Å²) in [6, 6.07) is 16.7. The molecule has 1 amide bonds. The van der Waals surface area contributed by atoms with Gasteiger partial charge in [0.2, 0.25) is 5.56 Å². The van der Waals surface area contributed by atoms with E-state index in [9.17, 15) is 9.59 Å². The Bertz CT molecular complexity index is 1340. The highest BCUT2D eigenvalue weighted by Crippen LogP contribution is 2.26. The monoisotopic (exact) mass is 460 g/mol. The van der Waals surface area contributed by atoms with Crippen LogP contribution in [0.3, 0.4) is 0 Å². The minimum atomic E-state index is -0.258. The first-order valence-corrected chi connectivity index (χ1v) is 11.7. The zero-order valence-electron chi connectivity index (χ0n) is 18.3. The van der Waals surface area contributed by atoms with Gasteiger partial charge < -0.3 is 14.6 Å². The van der Waals surface area contributed by atoms with Gasteiger partial charge in [0.15, 0.2) is 0 Å². The molecular weight excluding hydrogens is 436 g/mol. The fourth-order valence-electron chi connectivity index (χ4n) is 4.14. The van der Waals surface area contributed by atoms with Crippen LogP contribution in [0.1, 0.15) is 16.1 Å². The lowest BCUT2D eigenvalue weighted by molar-refractivity contribution is 0.0629. The number of methoxy groups -OCH3 is 1. The zero-order valence-corrected chi connectivity index (χ0v) is 19.1. The summed E-state index contributed by atoms with van der Waals surface area (Å²) in [4.78, 5) is 36.9. The van der Waals surface area contributed by atoms with Crippen molar-refractivity contribution in [1.82, 2.24) is 19.8 Å². The van der Waals surface area contributed by atoms with E-state index in [1.54, 1.807) is 18.4 Å². The maximum Gasteiger partial charge on any atom is 0.254 e. The number of thiazole rings is 1. The molecule has 0 radical (unpaired) electrons. The summed E-state index contributed by atoms with van der Waals surface area (Å²) in [5.74, 6) is 0.739. The summed E-state index contributed by atoms with van der Waals surface area (Å²) < 4.78 is 5.22. The number of amides is 1. The molecule has 0 bridgehead atoms. The number of rotatable bonds is 5. The topological polar surface area (TPSA) is 78.5 Å². The summed E-state index contributed by atoms with van der Waals surface area (Å²) in [7, 11) is 1.66. The predicted molar refractivity (Wildman–Crippen MR) is 130 cm³/mol. The van der Waals surface area contributed by atoms with Gasteiger partial charge in [0.05, 0.1) is 18.4 Å². The third-order valence-electron chi connectivity index (χ3n) is 5.91. The van der Waals surface area contributed by atoms with E-state index in [0.29, 0.717) is 24.2 Å². The standard InChI is InChI=1S/C25H24N4O3S/c1-32-19-8-6-17(7-9-19)24-26-18(16-33-24)15-28-10-12-29(13-11-28)25(31)21-14-23(30)27-22-5-3-2-4-20(21)22/h2-9,14,16H,10-13,15H2,1H3,(H,27,30). The van der Waals surface area contributed by atoms with Gasteiger partial charge in [-0.2, -0.15) is 0 Å². The maximum absolute atomic E-state index is 13.2. The number of nitrogens with zero attached hydrogens (tertiary/aromatic N) is 3. The number of ether oxygens (including phenoxy) is 1. The second-order valence-corrected chi connectivity index (χ2v) is 8.89. The van der Waals surface area contributed by atoms with Crippen LogP contribution in [0, 0.1) is 0 Å². The van der Waals surface area contributed by atoms with Crippen molar-refractivity contribution in [3.05, 3.63) is 81.6 Å². The summed E-state index contributed by atoms with van der Waals surface area (Å²) in [6.45, 7) is 3.53. The number of benzene rings is 2. The summed E-state index contributed by atoms with van der Waals surface area (Å²) in [6.07, 6.45) is 0. The van der Waals surface area contributed by atoms with Crippen molar-refractivity contribution in [3.8, 4) is 16.3 Å². The first-order valence-electron chi connectivity index (χ1n) is 10.8. The number of hydrogen-bond donors (Lipinski definition) is 1. The first kappa shape index (κ1) is 21.4. The Kier molecular flexibility index (Phi) is 5.93. The van der Waals surface area contributed by atoms with E-state index in [1.807, 2.05) is 53.4 Å². The van der Waals surface area contributed by atoms with Gasteiger partial charge in [0.1, 0.15) is 10.8 Å². The number of carbonyl (C=O) groups excluding carboxylic acids is 1. The van der Waals surface area contributed by atoms with E-state index in [0.717, 1.165) is 47.0 Å². The molecule has 1 saturated heterocycles. The lowest BCUT2D eigenvalue weighted by atomic mass is 10.1. The number of H-pyrrole nitrogens is 1. The van der Waals surface area contributed by atoms with Crippen LogP contribution in [-0.4, -0.2) is 59.0 Å². The van der Waals surface area contributed by atoms with Crippen molar-refractivity contribution in [2.24, 2.45) is 0 Å². The molecule has 0 saturated carbocycles. The van der Waals surface area contributed by atoms with Crippen molar-refractivity contribution < 1.29 is 9.53 Å². The van der Waals surface area contributed by atoms with Crippen LogP contribution in [0.15, 0.2) is 64.8 Å². The van der Waals surface area contributed by atoms with Crippen LogP contribution >= 0.6 is 11.3 Å². The van der Waals surface area contributed by atoms with E-state index in [4.69, 9.17) is 9.72 Å². The quantitative estimate of drug-likeness (QED) is 0.492. The molecule has 2 aromatic heterocycles. The van der Waals surface area contributed by atoms with E-state index in [-0.39, 0.29) is 11.5 Å². The van der Waals surface area contributed by atoms with Gasteiger partial charge in [-0.3, -0.25) is 14.5 Å². The van der Waals surface area contributed by atoms with E-state index in [2.05, 4.69) is 15.3 Å². The number of piperazine rings is 1. The molecule has 1 aliphatic rings. The van der Waals surface area contributed by atoms with Crippen molar-refractivity contribution in [1.29, 1.82) is 0 Å². The highest BCUT2D eigenvalue weighted by molar-refractivity contribution is 7.13. The highest BCUT2D eigenvalue weighted by atomic mass is 32.1. The average molecular weight is 461 g/mol. The molecule has 2 aromatic carbocycles. The molecule has 7 nitrogen and oxygen atoms in total. The second-order valence-electron chi connectivity index (χ2n) is 8.03. The molecule has 0 aliphatic carbocycles. The van der Waals surface area contributed by atoms with Crippen LogP contribution in [0.5, 0.6) is 5.75 Å². The Morgan fingerprint density at radius 3 is 2.61 bits per heavy atom. The van der Waals surface area contributed by atoms with Crippen LogP contribution in [-0.2, 0) is 6.54 Å². The summed E-state index contributed by atoms with van der Waals surface area (Å²) in [5, 5.41) is 3.86. The molecule has 4 aromatic rings. The number of para-hydroxylation sites is 1. The minimum Gasteiger partial charge on any atom is -0.497 e. The lowest BCUT2D eigenvalue weighted by Gasteiger charge is -2.34. The lowest BCUT2D eigenvalue weighted by Crippen LogP contribution is -2.48. The van der Waals surface area contributed by atoms with Gasteiger partial charge in [-0.25, -0.2) is 4.98 Å². The Morgan fingerprint density at radius 1 is 1.09 bits per heavy atom. The Morgan fingerprint density at radius 2 is 1.85 bits per heavy atom. The average Bonchev–Trinajstić information content (AvgIpc) is 3.32. The molecular formula is C25H24N4O3S. The molecule has 33 heavy (non-hydrogen) atoms. The molecule has 1 N–H and O–H groups in total. The van der Waals surface area contributed by atoms with E-state index in [1.165, 1.54) is 6.07 Å². The van der Waals surface area contributed by atoms with Crippen molar-refractivity contribution in [2.45, 2.75) is 6.54 Å². The van der Waals surface area contributed by atoms with E-state index < -0.39 is 0 Å². The van der Waals surface area contributed by atoms with Gasteiger partial charge in [0, 0.05) is 60.6 Å². The molecule has 0 atom stereocenters. The zero-order chi connectivity index (χ0) is 22.8. The second kappa shape index (κ2) is 9.17. The number of aromatic amines is 1. The van der Waals surface area contributed by atoms with Gasteiger partial charge >= 0.3 is 0 Å². The van der Waals surface area contributed by atoms with Gasteiger partial charge in [-0.1, -0.05) is 18.2 Å². The Labute approximate surface area is 195 Å². The highest BCUT2D eigenvalue weighted by Gasteiger charge is 2.24. The smallest absolute Gasteiger partial charge is 0.254 e. The number of nitrogens with one attached hydrogen (secondary N) is 1. The number of pyridine rings is 1. The molecule has 8 heteroatoms. The van der Waals surface area contributed by atoms with Crippen LogP contribution < -0.4 is 10.3 Å². The number of aromatic nitrogens is 2. The molecule has 1 fully saturated rings. The third-order valence-corrected chi connectivity index (χ3v) is 6.85. The molecule has 168 valence electrons. The van der Waals surface area contributed by atoms with Crippen molar-refractivity contribution >= 4 is 28.1 Å². The molecule has 0 unspecified atom stereocenters. The SMILES string of the molecule is COc1ccc(-c2nc(CN3CCN(C(=O)c4cc(=O)[nH]c5ccccc45)CC3)cs2)cc1. The summed E-state index contributed by atoms with van der Waals surface area (Å²) >= 11 is 1.63. The Hall–Kier alpha value is -3.49. The molecule has 0 spiro atoms. The number of carbonyl (C=O) groups is 1.